The number of amides is 2. The van der Waals surface area contributed by atoms with Crippen LogP contribution in [0, 0.1) is 0 Å². The second-order valence-corrected chi connectivity index (χ2v) is 5.72. The molecule has 0 atom stereocenters. The highest BCUT2D eigenvalue weighted by molar-refractivity contribution is 6.10. The molecule has 2 aromatic carbocycles. The van der Waals surface area contributed by atoms with E-state index in [1.165, 1.54) is 11.3 Å². The molecule has 132 valence electrons. The van der Waals surface area contributed by atoms with Crippen molar-refractivity contribution >= 4 is 23.2 Å². The third kappa shape index (κ3) is 3.64. The summed E-state index contributed by atoms with van der Waals surface area (Å²) in [6.45, 7) is 1.79. The number of para-hydroxylation sites is 1. The van der Waals surface area contributed by atoms with E-state index in [0.717, 1.165) is 5.56 Å². The van der Waals surface area contributed by atoms with Gasteiger partial charge in [0.05, 0.1) is 17.4 Å². The molecule has 0 aliphatic rings. The number of carbonyl (C=O) groups excluding carboxylic acids is 2. The number of nitrogens with one attached hydrogen (secondary N) is 1. The summed E-state index contributed by atoms with van der Waals surface area (Å²) in [5.74, 6) is 0.276. The number of carbonyl (C=O) groups is 2. The minimum atomic E-state index is -0.286. The normalized spacial score (nSPS) is 10.4. The van der Waals surface area contributed by atoms with Crippen LogP contribution in [0.5, 0.6) is 0 Å². The predicted octanol–water partition coefficient (Wildman–Crippen LogP) is 3.97. The molecular formula is C20H19N3O3. The number of hydrogen-bond acceptors (Lipinski definition) is 4. The van der Waals surface area contributed by atoms with Crippen LogP contribution in [0.2, 0.25) is 0 Å². The molecule has 0 aliphatic heterocycles. The average molecular weight is 349 g/mol. The summed E-state index contributed by atoms with van der Waals surface area (Å²) >= 11 is 0. The van der Waals surface area contributed by atoms with Crippen LogP contribution in [-0.2, 0) is 4.79 Å². The molecule has 0 fully saturated rings. The SMILES string of the molecule is CCC(=O)N(C)c1ccccc1C(=O)Nc1cccc(-c2cnco2)c1. The number of nitrogens with zero attached hydrogens (tertiary/aromatic N) is 2. The molecule has 1 aromatic heterocycles. The van der Waals surface area contributed by atoms with Crippen molar-refractivity contribution in [3.05, 3.63) is 66.7 Å². The van der Waals surface area contributed by atoms with E-state index in [0.29, 0.717) is 29.1 Å². The lowest BCUT2D eigenvalue weighted by Crippen LogP contribution is -2.27. The minimum absolute atomic E-state index is 0.0578. The summed E-state index contributed by atoms with van der Waals surface area (Å²) in [4.78, 5) is 30.2. The number of aromatic nitrogens is 1. The third-order valence-electron chi connectivity index (χ3n) is 4.02. The molecule has 0 unspecified atom stereocenters. The van der Waals surface area contributed by atoms with E-state index >= 15 is 0 Å². The van der Waals surface area contributed by atoms with E-state index in [9.17, 15) is 9.59 Å². The summed E-state index contributed by atoms with van der Waals surface area (Å²) < 4.78 is 5.29. The second-order valence-electron chi connectivity index (χ2n) is 5.72. The molecule has 3 aromatic rings. The largest absolute Gasteiger partial charge is 0.444 e. The van der Waals surface area contributed by atoms with E-state index in [1.807, 2.05) is 18.2 Å². The molecule has 3 rings (SSSR count). The molecule has 26 heavy (non-hydrogen) atoms. The topological polar surface area (TPSA) is 75.4 Å². The number of hydrogen-bond donors (Lipinski definition) is 1. The first-order chi connectivity index (χ1) is 12.6. The maximum atomic E-state index is 12.8. The van der Waals surface area contributed by atoms with Crippen molar-refractivity contribution in [3.63, 3.8) is 0 Å². The Hall–Kier alpha value is -3.41. The molecular weight excluding hydrogens is 330 g/mol. The third-order valence-corrected chi connectivity index (χ3v) is 4.02. The molecule has 2 amide bonds. The molecule has 1 heterocycles. The lowest BCUT2D eigenvalue weighted by atomic mass is 10.1. The summed E-state index contributed by atoms with van der Waals surface area (Å²) in [5, 5.41) is 2.87. The predicted molar refractivity (Wildman–Crippen MR) is 100 cm³/mol. The fourth-order valence-electron chi connectivity index (χ4n) is 2.64. The summed E-state index contributed by atoms with van der Waals surface area (Å²) in [5.41, 5.74) is 2.44. The minimum Gasteiger partial charge on any atom is -0.444 e. The molecule has 0 bridgehead atoms. The van der Waals surface area contributed by atoms with Gasteiger partial charge in [0.25, 0.3) is 5.91 Å². The first-order valence-corrected chi connectivity index (χ1v) is 8.26. The number of rotatable bonds is 5. The van der Waals surface area contributed by atoms with Gasteiger partial charge in [-0.25, -0.2) is 4.98 Å². The molecule has 0 saturated heterocycles. The Kier molecular flexibility index (Phi) is 5.12. The zero-order chi connectivity index (χ0) is 18.5. The van der Waals surface area contributed by atoms with Gasteiger partial charge in [-0.05, 0) is 24.3 Å². The number of oxazole rings is 1. The highest BCUT2D eigenvalue weighted by Crippen LogP contribution is 2.24. The van der Waals surface area contributed by atoms with Crippen molar-refractivity contribution in [2.24, 2.45) is 0 Å². The lowest BCUT2D eigenvalue weighted by Gasteiger charge is -2.20. The van der Waals surface area contributed by atoms with Gasteiger partial charge in [-0.2, -0.15) is 0 Å². The van der Waals surface area contributed by atoms with Gasteiger partial charge in [-0.15, -0.1) is 0 Å². The van der Waals surface area contributed by atoms with Crippen molar-refractivity contribution in [3.8, 4) is 11.3 Å². The molecule has 1 N–H and O–H groups in total. The lowest BCUT2D eigenvalue weighted by molar-refractivity contribution is -0.118. The highest BCUT2D eigenvalue weighted by atomic mass is 16.3. The fraction of sp³-hybridized carbons (Fsp3) is 0.150. The monoisotopic (exact) mass is 349 g/mol. The first kappa shape index (κ1) is 17.4. The molecule has 0 spiro atoms. The summed E-state index contributed by atoms with van der Waals surface area (Å²) in [7, 11) is 1.67. The quantitative estimate of drug-likeness (QED) is 0.756. The van der Waals surface area contributed by atoms with Gasteiger partial charge in [0.15, 0.2) is 12.2 Å². The average Bonchev–Trinajstić information content (AvgIpc) is 3.22. The van der Waals surface area contributed by atoms with Gasteiger partial charge >= 0.3 is 0 Å². The van der Waals surface area contributed by atoms with E-state index in [-0.39, 0.29) is 11.8 Å². The molecule has 6 heteroatoms. The Morgan fingerprint density at radius 1 is 1.15 bits per heavy atom. The Bertz CT molecular complexity index is 920. The van der Waals surface area contributed by atoms with E-state index in [2.05, 4.69) is 10.3 Å². The second kappa shape index (κ2) is 7.65. The maximum absolute atomic E-state index is 12.8. The van der Waals surface area contributed by atoms with Crippen LogP contribution in [0.25, 0.3) is 11.3 Å². The molecule has 0 saturated carbocycles. The molecule has 0 aliphatic carbocycles. The zero-order valence-electron chi connectivity index (χ0n) is 14.6. The Morgan fingerprint density at radius 2 is 1.96 bits per heavy atom. The summed E-state index contributed by atoms with van der Waals surface area (Å²) in [6, 6.07) is 14.3. The van der Waals surface area contributed by atoms with Gasteiger partial charge in [0.1, 0.15) is 0 Å². The van der Waals surface area contributed by atoms with E-state index in [1.54, 1.807) is 50.5 Å². The van der Waals surface area contributed by atoms with Crippen LogP contribution in [-0.4, -0.2) is 23.8 Å². The van der Waals surface area contributed by atoms with Crippen molar-refractivity contribution < 1.29 is 14.0 Å². The van der Waals surface area contributed by atoms with Crippen LogP contribution in [0.1, 0.15) is 23.7 Å². The van der Waals surface area contributed by atoms with Gasteiger partial charge in [0.2, 0.25) is 5.91 Å². The van der Waals surface area contributed by atoms with Crippen molar-refractivity contribution in [1.29, 1.82) is 0 Å². The fourth-order valence-corrected chi connectivity index (χ4v) is 2.64. The zero-order valence-corrected chi connectivity index (χ0v) is 14.6. The number of benzene rings is 2. The van der Waals surface area contributed by atoms with Gasteiger partial charge in [-0.3, -0.25) is 9.59 Å². The first-order valence-electron chi connectivity index (χ1n) is 8.26. The maximum Gasteiger partial charge on any atom is 0.257 e. The smallest absolute Gasteiger partial charge is 0.257 e. The van der Waals surface area contributed by atoms with Crippen LogP contribution >= 0.6 is 0 Å². The van der Waals surface area contributed by atoms with Gasteiger partial charge in [-0.1, -0.05) is 31.2 Å². The Balaban J connectivity index is 1.85. The van der Waals surface area contributed by atoms with Crippen molar-refractivity contribution in [1.82, 2.24) is 4.98 Å². The van der Waals surface area contributed by atoms with Crippen LogP contribution < -0.4 is 10.2 Å². The number of anilines is 2. The Morgan fingerprint density at radius 3 is 2.69 bits per heavy atom. The van der Waals surface area contributed by atoms with Gasteiger partial charge < -0.3 is 14.6 Å². The van der Waals surface area contributed by atoms with Crippen LogP contribution in [0.4, 0.5) is 11.4 Å². The van der Waals surface area contributed by atoms with Crippen LogP contribution in [0.3, 0.4) is 0 Å². The molecule has 0 radical (unpaired) electrons. The van der Waals surface area contributed by atoms with Crippen LogP contribution in [0.15, 0.2) is 65.5 Å². The highest BCUT2D eigenvalue weighted by Gasteiger charge is 2.17. The molecule has 6 nitrogen and oxygen atoms in total. The van der Waals surface area contributed by atoms with E-state index < -0.39 is 0 Å². The van der Waals surface area contributed by atoms with Gasteiger partial charge in [0, 0.05) is 24.7 Å². The van der Waals surface area contributed by atoms with E-state index in [4.69, 9.17) is 4.42 Å². The summed E-state index contributed by atoms with van der Waals surface area (Å²) in [6.07, 6.45) is 3.34. The Labute approximate surface area is 151 Å². The van der Waals surface area contributed by atoms with Crippen molar-refractivity contribution in [2.45, 2.75) is 13.3 Å². The standard InChI is InChI=1S/C20H19N3O3/c1-3-19(24)23(2)17-10-5-4-9-16(17)20(25)22-15-8-6-7-14(11-15)18-12-21-13-26-18/h4-13H,3H2,1-2H3,(H,22,25). The van der Waals surface area contributed by atoms with Crippen molar-refractivity contribution in [2.75, 3.05) is 17.3 Å².